The molecule has 0 spiro atoms. The Morgan fingerprint density at radius 3 is 2.90 bits per heavy atom. The van der Waals surface area contributed by atoms with E-state index in [2.05, 4.69) is 10.3 Å². The molecule has 0 bridgehead atoms. The van der Waals surface area contributed by atoms with Crippen molar-refractivity contribution in [3.63, 3.8) is 0 Å². The van der Waals surface area contributed by atoms with Gasteiger partial charge >= 0.3 is 0 Å². The fourth-order valence-corrected chi connectivity index (χ4v) is 4.10. The van der Waals surface area contributed by atoms with Crippen LogP contribution in [0.4, 0.5) is 4.39 Å². The Labute approximate surface area is 119 Å². The van der Waals surface area contributed by atoms with Gasteiger partial charge in [-0.05, 0) is 31.0 Å². The number of piperidine rings is 1. The van der Waals surface area contributed by atoms with E-state index in [1.165, 1.54) is 16.6 Å². The van der Waals surface area contributed by atoms with Crippen molar-refractivity contribution < 1.29 is 12.8 Å². The van der Waals surface area contributed by atoms with Crippen molar-refractivity contribution in [1.29, 1.82) is 0 Å². The van der Waals surface area contributed by atoms with Crippen molar-refractivity contribution in [1.82, 2.24) is 14.6 Å². The molecule has 0 aromatic carbocycles. The first kappa shape index (κ1) is 15.3. The first-order valence-electron chi connectivity index (χ1n) is 6.81. The van der Waals surface area contributed by atoms with Gasteiger partial charge in [-0.2, -0.15) is 4.31 Å². The number of hydrogen-bond acceptors (Lipinski definition) is 4. The highest BCUT2D eigenvalue weighted by Gasteiger charge is 2.35. The zero-order valence-corrected chi connectivity index (χ0v) is 12.5. The Balaban J connectivity index is 2.19. The number of aromatic nitrogens is 1. The van der Waals surface area contributed by atoms with Crippen LogP contribution in [-0.2, 0) is 10.0 Å². The molecule has 112 valence electrons. The van der Waals surface area contributed by atoms with Crippen LogP contribution in [0.25, 0.3) is 0 Å². The summed E-state index contributed by atoms with van der Waals surface area (Å²) in [6, 6.07) is 2.81. The molecule has 2 atom stereocenters. The summed E-state index contributed by atoms with van der Waals surface area (Å²) in [4.78, 5) is 3.69. The standard InChI is InChI=1S/C13H20FN3O2S/c1-3-15-12-6-8-17(9-10(12)2)20(18,19)13-11(14)5-4-7-16-13/h4-5,7,10,12,15H,3,6,8-9H2,1-2H3. The summed E-state index contributed by atoms with van der Waals surface area (Å²) in [6.07, 6.45) is 2.02. The van der Waals surface area contributed by atoms with E-state index in [0.717, 1.165) is 19.0 Å². The highest BCUT2D eigenvalue weighted by molar-refractivity contribution is 7.89. The van der Waals surface area contributed by atoms with Crippen LogP contribution in [0.3, 0.4) is 0 Å². The molecule has 2 rings (SSSR count). The molecule has 0 amide bonds. The first-order valence-corrected chi connectivity index (χ1v) is 8.25. The molecule has 1 aliphatic heterocycles. The minimum atomic E-state index is -3.84. The molecule has 0 saturated carbocycles. The Bertz CT molecular complexity index is 564. The van der Waals surface area contributed by atoms with Gasteiger partial charge in [0.2, 0.25) is 5.03 Å². The van der Waals surface area contributed by atoms with Gasteiger partial charge < -0.3 is 5.32 Å². The smallest absolute Gasteiger partial charge is 0.263 e. The second-order valence-electron chi connectivity index (χ2n) is 5.08. The lowest BCUT2D eigenvalue weighted by molar-refractivity contribution is 0.221. The zero-order valence-electron chi connectivity index (χ0n) is 11.7. The van der Waals surface area contributed by atoms with Gasteiger partial charge in [-0.15, -0.1) is 0 Å². The SMILES string of the molecule is CCNC1CCN(S(=O)(=O)c2ncccc2F)CC1C. The quantitative estimate of drug-likeness (QED) is 0.908. The first-order chi connectivity index (χ1) is 9.46. The predicted molar refractivity (Wildman–Crippen MR) is 74.2 cm³/mol. The maximum atomic E-state index is 13.7. The van der Waals surface area contributed by atoms with E-state index < -0.39 is 20.9 Å². The third-order valence-electron chi connectivity index (χ3n) is 3.64. The van der Waals surface area contributed by atoms with E-state index in [1.54, 1.807) is 0 Å². The molecule has 7 heteroatoms. The van der Waals surface area contributed by atoms with E-state index in [0.29, 0.717) is 19.1 Å². The van der Waals surface area contributed by atoms with Crippen molar-refractivity contribution >= 4 is 10.0 Å². The largest absolute Gasteiger partial charge is 0.314 e. The summed E-state index contributed by atoms with van der Waals surface area (Å²) in [7, 11) is -3.84. The van der Waals surface area contributed by atoms with Crippen LogP contribution in [0.15, 0.2) is 23.4 Å². The van der Waals surface area contributed by atoms with Crippen molar-refractivity contribution in [3.8, 4) is 0 Å². The normalized spacial score (nSPS) is 24.8. The molecule has 2 unspecified atom stereocenters. The lowest BCUT2D eigenvalue weighted by atomic mass is 9.95. The Hall–Kier alpha value is -1.05. The number of pyridine rings is 1. The number of hydrogen-bond donors (Lipinski definition) is 1. The number of nitrogens with one attached hydrogen (secondary N) is 1. The molecule has 1 fully saturated rings. The van der Waals surface area contributed by atoms with E-state index >= 15 is 0 Å². The zero-order chi connectivity index (χ0) is 14.8. The summed E-state index contributed by atoms with van der Waals surface area (Å²) in [6.45, 7) is 5.66. The van der Waals surface area contributed by atoms with Crippen LogP contribution in [-0.4, -0.2) is 43.4 Å². The summed E-state index contributed by atoms with van der Waals surface area (Å²) < 4.78 is 39.8. The van der Waals surface area contributed by atoms with Crippen LogP contribution in [0.2, 0.25) is 0 Å². The van der Waals surface area contributed by atoms with Gasteiger partial charge in [-0.3, -0.25) is 0 Å². The highest BCUT2D eigenvalue weighted by atomic mass is 32.2. The van der Waals surface area contributed by atoms with Crippen LogP contribution >= 0.6 is 0 Å². The second kappa shape index (κ2) is 6.15. The molecule has 20 heavy (non-hydrogen) atoms. The van der Waals surface area contributed by atoms with Gasteiger partial charge in [-0.25, -0.2) is 17.8 Å². The monoisotopic (exact) mass is 301 g/mol. The molecular formula is C13H20FN3O2S. The van der Waals surface area contributed by atoms with E-state index in [9.17, 15) is 12.8 Å². The fraction of sp³-hybridized carbons (Fsp3) is 0.615. The molecule has 2 heterocycles. The summed E-state index contributed by atoms with van der Waals surface area (Å²) in [5, 5.41) is 2.87. The summed E-state index contributed by atoms with van der Waals surface area (Å²) in [5.74, 6) is -0.612. The van der Waals surface area contributed by atoms with Crippen LogP contribution in [0, 0.1) is 11.7 Å². The minimum absolute atomic E-state index is 0.185. The molecule has 1 N–H and O–H groups in total. The maximum Gasteiger partial charge on any atom is 0.263 e. The lowest BCUT2D eigenvalue weighted by Gasteiger charge is -2.36. The van der Waals surface area contributed by atoms with Gasteiger partial charge in [0.25, 0.3) is 10.0 Å². The van der Waals surface area contributed by atoms with Gasteiger partial charge in [0.1, 0.15) is 0 Å². The number of sulfonamides is 1. The average Bonchev–Trinajstić information content (AvgIpc) is 2.41. The molecule has 1 aromatic rings. The molecule has 0 radical (unpaired) electrons. The van der Waals surface area contributed by atoms with Gasteiger partial charge in [0.15, 0.2) is 5.82 Å². The third-order valence-corrected chi connectivity index (χ3v) is 5.44. The second-order valence-corrected chi connectivity index (χ2v) is 6.94. The van der Waals surface area contributed by atoms with Crippen molar-refractivity contribution in [2.45, 2.75) is 31.3 Å². The van der Waals surface area contributed by atoms with Gasteiger partial charge in [0.05, 0.1) is 0 Å². The molecule has 1 saturated heterocycles. The summed E-state index contributed by atoms with van der Waals surface area (Å²) in [5.41, 5.74) is 0. The van der Waals surface area contributed by atoms with Gasteiger partial charge in [-0.1, -0.05) is 13.8 Å². The van der Waals surface area contributed by atoms with E-state index in [1.807, 2.05) is 13.8 Å². The molecular weight excluding hydrogens is 281 g/mol. The molecule has 0 aliphatic carbocycles. The Morgan fingerprint density at radius 2 is 2.30 bits per heavy atom. The average molecular weight is 301 g/mol. The number of rotatable bonds is 4. The lowest BCUT2D eigenvalue weighted by Crippen LogP contribution is -2.50. The van der Waals surface area contributed by atoms with Crippen molar-refractivity contribution in [2.75, 3.05) is 19.6 Å². The highest BCUT2D eigenvalue weighted by Crippen LogP contribution is 2.24. The van der Waals surface area contributed by atoms with E-state index in [4.69, 9.17) is 0 Å². The number of nitrogens with zero attached hydrogens (tertiary/aromatic N) is 2. The Kier molecular flexibility index (Phi) is 4.72. The van der Waals surface area contributed by atoms with Crippen LogP contribution in [0.5, 0.6) is 0 Å². The molecule has 1 aliphatic rings. The number of halogens is 1. The van der Waals surface area contributed by atoms with Crippen molar-refractivity contribution in [3.05, 3.63) is 24.1 Å². The molecule has 5 nitrogen and oxygen atoms in total. The maximum absolute atomic E-state index is 13.7. The van der Waals surface area contributed by atoms with Crippen LogP contribution in [0.1, 0.15) is 20.3 Å². The third kappa shape index (κ3) is 2.99. The van der Waals surface area contributed by atoms with Gasteiger partial charge in [0, 0.05) is 25.3 Å². The van der Waals surface area contributed by atoms with Crippen molar-refractivity contribution in [2.24, 2.45) is 5.92 Å². The minimum Gasteiger partial charge on any atom is -0.314 e. The van der Waals surface area contributed by atoms with Crippen LogP contribution < -0.4 is 5.32 Å². The summed E-state index contributed by atoms with van der Waals surface area (Å²) >= 11 is 0. The Morgan fingerprint density at radius 1 is 1.55 bits per heavy atom. The topological polar surface area (TPSA) is 62.3 Å². The van der Waals surface area contributed by atoms with E-state index in [-0.39, 0.29) is 5.92 Å². The molecule has 1 aromatic heterocycles. The fourth-order valence-electron chi connectivity index (χ4n) is 2.57. The predicted octanol–water partition coefficient (Wildman–Crippen LogP) is 1.23.